The first kappa shape index (κ1) is 17.1. The Balaban J connectivity index is 1.83. The maximum Gasteiger partial charge on any atom is 0.241 e. The molecule has 0 aliphatic heterocycles. The van der Waals surface area contributed by atoms with Crippen molar-refractivity contribution in [1.29, 1.82) is 0 Å². The SMILES string of the molecule is O=S(=O)(NCC1(c2cccs2)CCCCC1)c1ccccc1Br. The molecule has 1 fully saturated rings. The third kappa shape index (κ3) is 3.71. The molecule has 3 rings (SSSR count). The molecule has 0 unspecified atom stereocenters. The lowest BCUT2D eigenvalue weighted by Crippen LogP contribution is -2.41. The number of hydrogen-bond donors (Lipinski definition) is 1. The van der Waals surface area contributed by atoms with Crippen LogP contribution in [0.3, 0.4) is 0 Å². The quantitative estimate of drug-likeness (QED) is 0.772. The minimum Gasteiger partial charge on any atom is -0.210 e. The number of benzene rings is 1. The van der Waals surface area contributed by atoms with Crippen LogP contribution < -0.4 is 4.72 Å². The molecule has 0 saturated heterocycles. The highest BCUT2D eigenvalue weighted by Gasteiger charge is 2.36. The molecule has 1 aromatic carbocycles. The van der Waals surface area contributed by atoms with Crippen molar-refractivity contribution in [3.05, 3.63) is 51.1 Å². The van der Waals surface area contributed by atoms with Gasteiger partial charge in [-0.25, -0.2) is 13.1 Å². The van der Waals surface area contributed by atoms with Gasteiger partial charge in [-0.3, -0.25) is 0 Å². The smallest absolute Gasteiger partial charge is 0.210 e. The van der Waals surface area contributed by atoms with Crippen LogP contribution in [0.15, 0.2) is 51.1 Å². The van der Waals surface area contributed by atoms with Crippen molar-refractivity contribution < 1.29 is 8.42 Å². The monoisotopic (exact) mass is 413 g/mol. The average molecular weight is 414 g/mol. The Kier molecular flexibility index (Phi) is 5.26. The Labute approximate surface area is 150 Å². The van der Waals surface area contributed by atoms with Crippen LogP contribution in [0, 0.1) is 0 Å². The summed E-state index contributed by atoms with van der Waals surface area (Å²) in [5.74, 6) is 0. The van der Waals surface area contributed by atoms with Gasteiger partial charge < -0.3 is 0 Å². The highest BCUT2D eigenvalue weighted by molar-refractivity contribution is 9.10. The van der Waals surface area contributed by atoms with E-state index in [2.05, 4.69) is 38.2 Å². The van der Waals surface area contributed by atoms with Gasteiger partial charge in [0.2, 0.25) is 10.0 Å². The van der Waals surface area contributed by atoms with Crippen molar-refractivity contribution in [2.45, 2.75) is 42.4 Å². The van der Waals surface area contributed by atoms with Gasteiger partial charge in [0.1, 0.15) is 0 Å². The number of rotatable bonds is 5. The van der Waals surface area contributed by atoms with E-state index in [9.17, 15) is 8.42 Å². The summed E-state index contributed by atoms with van der Waals surface area (Å²) in [7, 11) is -3.51. The number of halogens is 1. The summed E-state index contributed by atoms with van der Waals surface area (Å²) in [5, 5.41) is 2.08. The summed E-state index contributed by atoms with van der Waals surface area (Å²) >= 11 is 5.07. The molecule has 0 atom stereocenters. The molecule has 1 saturated carbocycles. The molecule has 0 radical (unpaired) electrons. The van der Waals surface area contributed by atoms with Crippen LogP contribution in [0.2, 0.25) is 0 Å². The molecule has 1 aromatic heterocycles. The molecular weight excluding hydrogens is 394 g/mol. The van der Waals surface area contributed by atoms with Crippen molar-refractivity contribution in [1.82, 2.24) is 4.72 Å². The summed E-state index contributed by atoms with van der Waals surface area (Å²) in [5.41, 5.74) is -0.0548. The maximum atomic E-state index is 12.7. The first-order valence-electron chi connectivity index (χ1n) is 7.82. The fourth-order valence-electron chi connectivity index (χ4n) is 3.29. The van der Waals surface area contributed by atoms with E-state index < -0.39 is 10.0 Å². The summed E-state index contributed by atoms with van der Waals surface area (Å²) in [6.07, 6.45) is 5.66. The molecule has 23 heavy (non-hydrogen) atoms. The largest absolute Gasteiger partial charge is 0.241 e. The molecule has 0 bridgehead atoms. The second-order valence-corrected chi connectivity index (χ2v) is 9.61. The van der Waals surface area contributed by atoms with E-state index in [1.165, 1.54) is 11.3 Å². The fraction of sp³-hybridized carbons (Fsp3) is 0.412. The van der Waals surface area contributed by atoms with Crippen LogP contribution in [0.25, 0.3) is 0 Å². The molecule has 3 nitrogen and oxygen atoms in total. The first-order chi connectivity index (χ1) is 11.0. The lowest BCUT2D eigenvalue weighted by Gasteiger charge is -2.36. The Bertz CT molecular complexity index is 751. The zero-order valence-corrected chi connectivity index (χ0v) is 16.0. The normalized spacial score (nSPS) is 18.0. The molecule has 1 N–H and O–H groups in total. The lowest BCUT2D eigenvalue weighted by atomic mass is 9.73. The van der Waals surface area contributed by atoms with Gasteiger partial charge in [0, 0.05) is 21.3 Å². The summed E-state index contributed by atoms with van der Waals surface area (Å²) < 4.78 is 28.8. The van der Waals surface area contributed by atoms with Crippen molar-refractivity contribution in [2.24, 2.45) is 0 Å². The van der Waals surface area contributed by atoms with Crippen molar-refractivity contribution >= 4 is 37.3 Å². The average Bonchev–Trinajstić information content (AvgIpc) is 3.09. The zero-order valence-electron chi connectivity index (χ0n) is 12.8. The Hall–Kier alpha value is -0.690. The number of thiophene rings is 1. The van der Waals surface area contributed by atoms with Gasteiger partial charge in [0.15, 0.2) is 0 Å². The second kappa shape index (κ2) is 7.05. The van der Waals surface area contributed by atoms with Crippen molar-refractivity contribution in [3.8, 4) is 0 Å². The molecule has 1 heterocycles. The van der Waals surface area contributed by atoms with Gasteiger partial charge in [-0.05, 0) is 52.4 Å². The number of nitrogens with one attached hydrogen (secondary N) is 1. The van der Waals surface area contributed by atoms with Crippen LogP contribution in [0.4, 0.5) is 0 Å². The molecule has 0 amide bonds. The van der Waals surface area contributed by atoms with Crippen LogP contribution >= 0.6 is 27.3 Å². The van der Waals surface area contributed by atoms with E-state index in [0.29, 0.717) is 15.9 Å². The summed E-state index contributed by atoms with van der Waals surface area (Å²) in [4.78, 5) is 1.60. The first-order valence-corrected chi connectivity index (χ1v) is 11.0. The van der Waals surface area contributed by atoms with Crippen LogP contribution in [0.1, 0.15) is 37.0 Å². The van der Waals surface area contributed by atoms with E-state index >= 15 is 0 Å². The van der Waals surface area contributed by atoms with Gasteiger partial charge >= 0.3 is 0 Å². The fourth-order valence-corrected chi connectivity index (χ4v) is 6.41. The number of hydrogen-bond acceptors (Lipinski definition) is 3. The molecule has 2 aromatic rings. The van der Waals surface area contributed by atoms with Crippen LogP contribution in [0.5, 0.6) is 0 Å². The third-order valence-electron chi connectivity index (χ3n) is 4.58. The minimum atomic E-state index is -3.51. The van der Waals surface area contributed by atoms with Crippen molar-refractivity contribution in [2.75, 3.05) is 6.54 Å². The maximum absolute atomic E-state index is 12.7. The van der Waals surface area contributed by atoms with Gasteiger partial charge in [-0.1, -0.05) is 37.5 Å². The Morgan fingerprint density at radius 2 is 1.83 bits per heavy atom. The van der Waals surface area contributed by atoms with E-state index in [-0.39, 0.29) is 5.41 Å². The highest BCUT2D eigenvalue weighted by Crippen LogP contribution is 2.41. The molecule has 124 valence electrons. The Morgan fingerprint density at radius 1 is 1.09 bits per heavy atom. The molecule has 0 spiro atoms. The van der Waals surface area contributed by atoms with E-state index in [1.54, 1.807) is 29.5 Å². The predicted molar refractivity (Wildman–Crippen MR) is 98.4 cm³/mol. The van der Waals surface area contributed by atoms with Gasteiger partial charge in [0.05, 0.1) is 4.90 Å². The minimum absolute atomic E-state index is 0.0548. The van der Waals surface area contributed by atoms with E-state index in [0.717, 1.165) is 25.7 Å². The second-order valence-electron chi connectivity index (χ2n) is 6.07. The third-order valence-corrected chi connectivity index (χ3v) is 8.11. The van der Waals surface area contributed by atoms with E-state index in [1.807, 2.05) is 6.07 Å². The molecule has 1 aliphatic rings. The van der Waals surface area contributed by atoms with Gasteiger partial charge in [0.25, 0.3) is 0 Å². The number of sulfonamides is 1. The molecule has 1 aliphatic carbocycles. The standard InChI is InChI=1S/C17H20BrNO2S2/c18-14-7-2-3-8-15(14)23(20,21)19-13-17(10-4-1-5-11-17)16-9-6-12-22-16/h2-3,6-9,12,19H,1,4-5,10-11,13H2. The predicted octanol–water partition coefficient (Wildman–Crippen LogP) is 4.69. The van der Waals surface area contributed by atoms with Gasteiger partial charge in [-0.2, -0.15) is 0 Å². The lowest BCUT2D eigenvalue weighted by molar-refractivity contribution is 0.298. The topological polar surface area (TPSA) is 46.2 Å². The van der Waals surface area contributed by atoms with Crippen LogP contribution in [-0.4, -0.2) is 15.0 Å². The zero-order chi connectivity index (χ0) is 16.3. The molecular formula is C17H20BrNO2S2. The van der Waals surface area contributed by atoms with Crippen molar-refractivity contribution in [3.63, 3.8) is 0 Å². The summed E-state index contributed by atoms with van der Waals surface area (Å²) in [6, 6.07) is 11.1. The molecule has 6 heteroatoms. The Morgan fingerprint density at radius 3 is 2.48 bits per heavy atom. The highest BCUT2D eigenvalue weighted by atomic mass is 79.9. The summed E-state index contributed by atoms with van der Waals surface area (Å²) in [6.45, 7) is 0.469. The van der Waals surface area contributed by atoms with Gasteiger partial charge in [-0.15, -0.1) is 11.3 Å². The van der Waals surface area contributed by atoms with E-state index in [4.69, 9.17) is 0 Å². The van der Waals surface area contributed by atoms with Crippen LogP contribution in [-0.2, 0) is 15.4 Å².